The van der Waals surface area contributed by atoms with Gasteiger partial charge in [0.15, 0.2) is 24.8 Å². The van der Waals surface area contributed by atoms with Crippen molar-refractivity contribution < 1.29 is 9.13 Å². The molecule has 0 bridgehead atoms. The minimum absolute atomic E-state index is 0. The lowest BCUT2D eigenvalue weighted by atomic mass is 10.0. The Labute approximate surface area is 506 Å². The van der Waals surface area contributed by atoms with Crippen molar-refractivity contribution in [2.45, 2.75) is 355 Å². The van der Waals surface area contributed by atoms with E-state index in [1.165, 1.54) is 341 Å². The summed E-state index contributed by atoms with van der Waals surface area (Å²) in [5.74, 6) is 0. The molecule has 452 valence electrons. The number of nitrogens with zero attached hydrogens (tertiary/aromatic N) is 3. The van der Waals surface area contributed by atoms with Crippen molar-refractivity contribution in [3.05, 3.63) is 85.6 Å². The molecule has 1 aliphatic rings. The number of rotatable bonds is 53. The van der Waals surface area contributed by atoms with Crippen LogP contribution < -0.4 is 9.13 Å². The number of aryl methyl sites for hydroxylation is 2. The summed E-state index contributed by atoms with van der Waals surface area (Å²) in [6.07, 6.45) is 89.7. The molecule has 0 N–H and O–H groups in total. The lowest BCUT2D eigenvalue weighted by Crippen LogP contribution is -2.32. The van der Waals surface area contributed by atoms with Crippen molar-refractivity contribution in [3.8, 4) is 0 Å². The number of hydrogen-bond donors (Lipinski definition) is 0. The molecule has 2 aromatic rings. The molecule has 3 nitrogen and oxygen atoms in total. The summed E-state index contributed by atoms with van der Waals surface area (Å²) in [7, 11) is 0. The Kier molecular flexibility index (Phi) is 73.4. The second kappa shape index (κ2) is 70.7. The summed E-state index contributed by atoms with van der Waals surface area (Å²) in [6.45, 7) is 11.6. The molecule has 2 aromatic heterocycles. The van der Waals surface area contributed by atoms with Crippen LogP contribution in [0.1, 0.15) is 342 Å². The van der Waals surface area contributed by atoms with Crippen molar-refractivity contribution in [2.24, 2.45) is 0 Å². The van der Waals surface area contributed by atoms with Crippen LogP contribution in [0.25, 0.3) is 0 Å². The van der Waals surface area contributed by atoms with E-state index in [1.54, 1.807) is 0 Å². The van der Waals surface area contributed by atoms with Crippen molar-refractivity contribution >= 4 is 41.8 Å². The van der Waals surface area contributed by atoms with Gasteiger partial charge in [0, 0.05) is 50.2 Å². The highest BCUT2D eigenvalue weighted by Gasteiger charge is 2.02. The van der Waals surface area contributed by atoms with Crippen molar-refractivity contribution in [1.82, 2.24) is 4.90 Å². The fraction of sp³-hybridized carbons (Fsp3) is 0.803. The molecule has 6 heteroatoms. The first-order valence-corrected chi connectivity index (χ1v) is 33.8. The maximum absolute atomic E-state index is 2.42. The molecule has 0 atom stereocenters. The molecule has 77 heavy (non-hydrogen) atoms. The highest BCUT2D eigenvalue weighted by Crippen LogP contribution is 2.17. The molecule has 0 amide bonds. The minimum atomic E-state index is 0. The van der Waals surface area contributed by atoms with E-state index < -0.39 is 0 Å². The third-order valence-corrected chi connectivity index (χ3v) is 15.8. The average Bonchev–Trinajstić information content (AvgIpc) is 3.43. The van der Waals surface area contributed by atoms with Crippen molar-refractivity contribution in [3.63, 3.8) is 0 Å². The van der Waals surface area contributed by atoms with Crippen LogP contribution >= 0.6 is 41.8 Å². The van der Waals surface area contributed by atoms with Crippen molar-refractivity contribution in [2.75, 3.05) is 13.1 Å². The number of unbranched alkanes of at least 4 members (excludes halogenated alkanes) is 47. The normalized spacial score (nSPS) is 11.5. The van der Waals surface area contributed by atoms with Crippen LogP contribution in [0.5, 0.6) is 0 Å². The highest BCUT2D eigenvalue weighted by molar-refractivity contribution is 8.93. The summed E-state index contributed by atoms with van der Waals surface area (Å²) in [4.78, 5) is 2.42. The summed E-state index contributed by atoms with van der Waals surface area (Å²) in [6, 6.07) is 12.7. The number of halogens is 3. The average molecular weight is 1180 g/mol. The summed E-state index contributed by atoms with van der Waals surface area (Å²) in [5, 5.41) is 0. The Morgan fingerprint density at radius 1 is 0.273 bits per heavy atom. The van der Waals surface area contributed by atoms with Crippen LogP contribution in [0.3, 0.4) is 0 Å². The molecule has 0 aliphatic carbocycles. The van der Waals surface area contributed by atoms with Gasteiger partial charge in [-0.15, -0.1) is 41.8 Å². The van der Waals surface area contributed by atoms with Crippen LogP contribution in [-0.2, 0) is 13.1 Å². The first-order chi connectivity index (χ1) is 36.8. The van der Waals surface area contributed by atoms with Crippen LogP contribution in [0.2, 0.25) is 0 Å². The van der Waals surface area contributed by atoms with Gasteiger partial charge < -0.3 is 4.90 Å². The lowest BCUT2D eigenvalue weighted by molar-refractivity contribution is -0.697. The maximum atomic E-state index is 2.42. The smallest absolute Gasteiger partial charge is 0.168 e. The lowest BCUT2D eigenvalue weighted by Gasteiger charge is -2.20. The monoisotopic (exact) mass is 1180 g/mol. The molecule has 0 unspecified atom stereocenters. The third kappa shape index (κ3) is 63.7. The molecule has 0 saturated heterocycles. The van der Waals surface area contributed by atoms with Gasteiger partial charge in [0.2, 0.25) is 0 Å². The molecule has 0 spiro atoms. The van der Waals surface area contributed by atoms with Gasteiger partial charge in [0.1, 0.15) is 13.1 Å². The van der Waals surface area contributed by atoms with Gasteiger partial charge in [0.05, 0.1) is 0 Å². The van der Waals surface area contributed by atoms with Gasteiger partial charge in [-0.25, -0.2) is 9.13 Å². The second-order valence-electron chi connectivity index (χ2n) is 23.1. The van der Waals surface area contributed by atoms with E-state index in [1.807, 2.05) is 0 Å². The standard InChI is InChI=1S/C25H46N.C23H43N.C23H42N.BrH.2ClH/c1-2-3-4-5-6-7-8-9-10-11-12-13-14-15-16-17-18-20-23-26-24-21-19-22-25-26;2*1-2-3-4-5-6-7-8-9-10-11-12-13-14-15-16-18-21-24-22-19-17-20-23-24;;;/h19,21-22,24-25H,2-18,20,23H2,1H3;17,19-20,22H,2-16,18,21,23H2,1H3;17,19-20,22-23H,2-16,18,21H2,1H3;3*1H/q+1;;+1;;;. The van der Waals surface area contributed by atoms with Gasteiger partial charge in [0.25, 0.3) is 0 Å². The topological polar surface area (TPSA) is 11.0 Å². The van der Waals surface area contributed by atoms with Gasteiger partial charge in [-0.2, -0.15) is 0 Å². The molecule has 0 saturated carbocycles. The molecule has 0 radical (unpaired) electrons. The molecular formula is C71H134BrCl2N3+2. The first kappa shape index (κ1) is 79.9. The number of hydrogen-bond acceptors (Lipinski definition) is 1. The van der Waals surface area contributed by atoms with Gasteiger partial charge >= 0.3 is 0 Å². The quantitative estimate of drug-likeness (QED) is 0.0474. The van der Waals surface area contributed by atoms with E-state index in [2.05, 4.69) is 120 Å². The molecule has 0 aromatic carbocycles. The fourth-order valence-corrected chi connectivity index (χ4v) is 10.7. The Morgan fingerprint density at radius 3 is 0.714 bits per heavy atom. The van der Waals surface area contributed by atoms with Crippen LogP contribution in [-0.4, -0.2) is 18.0 Å². The van der Waals surface area contributed by atoms with Gasteiger partial charge in [-0.05, 0) is 31.5 Å². The van der Waals surface area contributed by atoms with Crippen LogP contribution in [0.4, 0.5) is 0 Å². The Balaban J connectivity index is -0.00000105. The fourth-order valence-electron chi connectivity index (χ4n) is 10.7. The van der Waals surface area contributed by atoms with Gasteiger partial charge in [-0.3, -0.25) is 0 Å². The molecule has 3 rings (SSSR count). The SMILES string of the molecule is Br.CCCCCCCCCCCCCCCCCCCC[n+]1ccccc1.CCCCCCCCCCCCCCCCCCN1C=CC=CC1.CCCCCCCCCCCCCCCCCC[n+]1ccccc1.Cl.Cl. The van der Waals surface area contributed by atoms with Crippen molar-refractivity contribution in [1.29, 1.82) is 0 Å². The van der Waals surface area contributed by atoms with E-state index in [9.17, 15) is 0 Å². The second-order valence-corrected chi connectivity index (χ2v) is 23.1. The van der Waals surface area contributed by atoms with Crippen LogP contribution in [0, 0.1) is 0 Å². The molecular weight excluding hydrogens is 1050 g/mol. The van der Waals surface area contributed by atoms with Crippen LogP contribution in [0.15, 0.2) is 85.6 Å². The molecule has 1 aliphatic heterocycles. The highest BCUT2D eigenvalue weighted by atomic mass is 79.9. The first-order valence-electron chi connectivity index (χ1n) is 33.8. The van der Waals surface area contributed by atoms with E-state index in [0.717, 1.165) is 6.54 Å². The Hall–Kier alpha value is -1.36. The Bertz CT molecular complexity index is 1380. The van der Waals surface area contributed by atoms with E-state index in [-0.39, 0.29) is 41.8 Å². The number of aromatic nitrogens is 2. The zero-order valence-corrected chi connectivity index (χ0v) is 55.2. The van der Waals surface area contributed by atoms with Gasteiger partial charge in [-0.1, -0.05) is 334 Å². The molecule has 0 fully saturated rings. The maximum Gasteiger partial charge on any atom is 0.168 e. The van der Waals surface area contributed by atoms with E-state index in [0.29, 0.717) is 0 Å². The Morgan fingerprint density at radius 2 is 0.494 bits per heavy atom. The summed E-state index contributed by atoms with van der Waals surface area (Å²) < 4.78 is 4.59. The predicted molar refractivity (Wildman–Crippen MR) is 356 cm³/mol. The van der Waals surface area contributed by atoms with E-state index in [4.69, 9.17) is 0 Å². The minimum Gasteiger partial charge on any atom is -0.374 e. The summed E-state index contributed by atoms with van der Waals surface area (Å²) in [5.41, 5.74) is 0. The third-order valence-electron chi connectivity index (χ3n) is 15.8. The predicted octanol–water partition coefficient (Wildman–Crippen LogP) is 24.3. The number of allylic oxidation sites excluding steroid dienone is 2. The molecule has 3 heterocycles. The van der Waals surface area contributed by atoms with E-state index >= 15 is 0 Å². The zero-order valence-electron chi connectivity index (χ0n) is 51.8. The summed E-state index contributed by atoms with van der Waals surface area (Å²) >= 11 is 0. The number of pyridine rings is 2. The largest absolute Gasteiger partial charge is 0.374 e. The zero-order chi connectivity index (χ0) is 52.8.